The zero-order valence-corrected chi connectivity index (χ0v) is 9.53. The van der Waals surface area contributed by atoms with E-state index < -0.39 is 0 Å². The predicted molar refractivity (Wildman–Crippen MR) is 64.1 cm³/mol. The van der Waals surface area contributed by atoms with E-state index in [0.717, 1.165) is 11.4 Å². The number of thiophene rings is 1. The molecule has 0 saturated heterocycles. The van der Waals surface area contributed by atoms with Crippen LogP contribution in [0.25, 0.3) is 10.1 Å². The zero-order chi connectivity index (χ0) is 10.1. The van der Waals surface area contributed by atoms with Crippen molar-refractivity contribution in [2.45, 2.75) is 19.4 Å². The molecule has 0 spiro atoms. The highest BCUT2D eigenvalue weighted by Crippen LogP contribution is 2.31. The van der Waals surface area contributed by atoms with Crippen LogP contribution in [0.15, 0.2) is 24.3 Å². The lowest BCUT2D eigenvalue weighted by Gasteiger charge is -2.02. The third kappa shape index (κ3) is 1.78. The summed E-state index contributed by atoms with van der Waals surface area (Å²) >= 11 is 7.67. The minimum Gasteiger partial charge on any atom is -0.323 e. The van der Waals surface area contributed by atoms with Crippen LogP contribution in [0.5, 0.6) is 0 Å². The van der Waals surface area contributed by atoms with E-state index in [0.29, 0.717) is 0 Å². The van der Waals surface area contributed by atoms with Gasteiger partial charge in [-0.15, -0.1) is 11.3 Å². The van der Waals surface area contributed by atoms with Crippen molar-refractivity contribution in [2.75, 3.05) is 0 Å². The first-order valence-corrected chi connectivity index (χ1v) is 5.84. The first-order valence-electron chi connectivity index (χ1n) is 4.65. The van der Waals surface area contributed by atoms with Gasteiger partial charge in [-0.3, -0.25) is 0 Å². The zero-order valence-electron chi connectivity index (χ0n) is 7.96. The molecule has 0 aliphatic heterocycles. The lowest BCUT2D eigenvalue weighted by Crippen LogP contribution is -2.05. The van der Waals surface area contributed by atoms with E-state index in [1.165, 1.54) is 15.0 Å². The second-order valence-corrected chi connectivity index (χ2v) is 4.90. The van der Waals surface area contributed by atoms with Crippen LogP contribution in [0.3, 0.4) is 0 Å². The SMILES string of the molecule is CCC(N)c1cc2cc(Cl)ccc2s1. The smallest absolute Gasteiger partial charge is 0.0412 e. The van der Waals surface area contributed by atoms with E-state index in [2.05, 4.69) is 13.0 Å². The normalized spacial score (nSPS) is 13.4. The Hall–Kier alpha value is -0.570. The lowest BCUT2D eigenvalue weighted by atomic mass is 10.2. The summed E-state index contributed by atoms with van der Waals surface area (Å²) in [6, 6.07) is 8.25. The Labute approximate surface area is 92.5 Å². The summed E-state index contributed by atoms with van der Waals surface area (Å²) in [7, 11) is 0. The van der Waals surface area contributed by atoms with Crippen LogP contribution in [0.4, 0.5) is 0 Å². The van der Waals surface area contributed by atoms with E-state index in [4.69, 9.17) is 17.3 Å². The van der Waals surface area contributed by atoms with Crippen LogP contribution in [0, 0.1) is 0 Å². The van der Waals surface area contributed by atoms with Crippen LogP contribution in [0.1, 0.15) is 24.3 Å². The molecule has 1 aromatic heterocycles. The number of hydrogen-bond donors (Lipinski definition) is 1. The minimum atomic E-state index is 0.158. The van der Waals surface area contributed by atoms with Crippen molar-refractivity contribution in [3.63, 3.8) is 0 Å². The van der Waals surface area contributed by atoms with Crippen LogP contribution in [-0.2, 0) is 0 Å². The summed E-state index contributed by atoms with van der Waals surface area (Å²) in [4.78, 5) is 1.24. The van der Waals surface area contributed by atoms with E-state index in [9.17, 15) is 0 Å². The Morgan fingerprint density at radius 3 is 2.93 bits per heavy atom. The molecular weight excluding hydrogens is 214 g/mol. The van der Waals surface area contributed by atoms with Gasteiger partial charge in [0.2, 0.25) is 0 Å². The molecule has 14 heavy (non-hydrogen) atoms. The Bertz CT molecular complexity index is 449. The molecule has 0 aliphatic carbocycles. The van der Waals surface area contributed by atoms with Gasteiger partial charge in [-0.1, -0.05) is 18.5 Å². The van der Waals surface area contributed by atoms with Crippen LogP contribution >= 0.6 is 22.9 Å². The van der Waals surface area contributed by atoms with Crippen molar-refractivity contribution >= 4 is 33.0 Å². The fourth-order valence-corrected chi connectivity index (χ4v) is 2.73. The van der Waals surface area contributed by atoms with E-state index in [1.54, 1.807) is 11.3 Å². The molecule has 0 radical (unpaired) electrons. The van der Waals surface area contributed by atoms with Crippen molar-refractivity contribution in [2.24, 2.45) is 5.73 Å². The molecule has 0 fully saturated rings. The first-order chi connectivity index (χ1) is 6.70. The number of hydrogen-bond acceptors (Lipinski definition) is 2. The van der Waals surface area contributed by atoms with Gasteiger partial charge in [0.25, 0.3) is 0 Å². The van der Waals surface area contributed by atoms with Gasteiger partial charge in [-0.25, -0.2) is 0 Å². The van der Waals surface area contributed by atoms with Crippen molar-refractivity contribution in [3.05, 3.63) is 34.2 Å². The Morgan fingerprint density at radius 1 is 1.43 bits per heavy atom. The lowest BCUT2D eigenvalue weighted by molar-refractivity contribution is 0.712. The van der Waals surface area contributed by atoms with Gasteiger partial charge >= 0.3 is 0 Å². The number of halogens is 1. The van der Waals surface area contributed by atoms with Crippen molar-refractivity contribution in [1.82, 2.24) is 0 Å². The van der Waals surface area contributed by atoms with Crippen LogP contribution in [0.2, 0.25) is 5.02 Å². The molecule has 74 valence electrons. The molecule has 1 atom stereocenters. The van der Waals surface area contributed by atoms with Gasteiger partial charge in [0.15, 0.2) is 0 Å². The summed E-state index contributed by atoms with van der Waals surface area (Å²) in [6.07, 6.45) is 0.973. The monoisotopic (exact) mass is 225 g/mol. The van der Waals surface area contributed by atoms with Crippen molar-refractivity contribution in [3.8, 4) is 0 Å². The maximum atomic E-state index is 5.97. The van der Waals surface area contributed by atoms with Gasteiger partial charge < -0.3 is 5.73 Å². The molecule has 0 aliphatic rings. The highest BCUT2D eigenvalue weighted by atomic mass is 35.5. The summed E-state index contributed by atoms with van der Waals surface area (Å²) in [5.74, 6) is 0. The highest BCUT2D eigenvalue weighted by Gasteiger charge is 2.07. The fraction of sp³-hybridized carbons (Fsp3) is 0.273. The second-order valence-electron chi connectivity index (χ2n) is 3.35. The summed E-state index contributed by atoms with van der Waals surface area (Å²) in [6.45, 7) is 2.10. The number of nitrogens with two attached hydrogens (primary N) is 1. The molecule has 1 aromatic carbocycles. The largest absolute Gasteiger partial charge is 0.323 e. The number of rotatable bonds is 2. The van der Waals surface area contributed by atoms with Gasteiger partial charge in [0.1, 0.15) is 0 Å². The predicted octanol–water partition coefficient (Wildman–Crippen LogP) is 3.96. The van der Waals surface area contributed by atoms with Crippen molar-refractivity contribution in [1.29, 1.82) is 0 Å². The minimum absolute atomic E-state index is 0.158. The third-order valence-electron chi connectivity index (χ3n) is 2.30. The highest BCUT2D eigenvalue weighted by molar-refractivity contribution is 7.19. The van der Waals surface area contributed by atoms with Gasteiger partial charge in [-0.2, -0.15) is 0 Å². The fourth-order valence-electron chi connectivity index (χ4n) is 1.42. The maximum absolute atomic E-state index is 5.97. The topological polar surface area (TPSA) is 26.0 Å². The van der Waals surface area contributed by atoms with Crippen LogP contribution in [-0.4, -0.2) is 0 Å². The van der Waals surface area contributed by atoms with Crippen molar-refractivity contribution < 1.29 is 0 Å². The molecule has 2 aromatic rings. The molecule has 2 N–H and O–H groups in total. The second kappa shape index (κ2) is 3.89. The molecule has 2 rings (SSSR count). The van der Waals surface area contributed by atoms with Crippen LogP contribution < -0.4 is 5.73 Å². The maximum Gasteiger partial charge on any atom is 0.0412 e. The van der Waals surface area contributed by atoms with Gasteiger partial charge in [-0.05, 0) is 36.1 Å². The molecule has 0 amide bonds. The molecular formula is C11H12ClNS. The first kappa shape index (κ1) is 9.97. The summed E-state index contributed by atoms with van der Waals surface area (Å²) < 4.78 is 1.26. The molecule has 1 heterocycles. The van der Waals surface area contributed by atoms with E-state index in [-0.39, 0.29) is 6.04 Å². The summed E-state index contributed by atoms with van der Waals surface area (Å²) in [5, 5.41) is 1.98. The van der Waals surface area contributed by atoms with E-state index >= 15 is 0 Å². The van der Waals surface area contributed by atoms with E-state index in [1.807, 2.05) is 18.2 Å². The molecule has 1 unspecified atom stereocenters. The average molecular weight is 226 g/mol. The Balaban J connectivity index is 2.51. The molecule has 3 heteroatoms. The quantitative estimate of drug-likeness (QED) is 0.823. The molecule has 1 nitrogen and oxygen atoms in total. The number of benzene rings is 1. The molecule has 0 saturated carbocycles. The Kier molecular flexibility index (Phi) is 2.77. The van der Waals surface area contributed by atoms with Gasteiger partial charge in [0.05, 0.1) is 0 Å². The standard InChI is InChI=1S/C11H12ClNS/c1-2-9(13)11-6-7-5-8(12)3-4-10(7)14-11/h3-6,9H,2,13H2,1H3. The third-order valence-corrected chi connectivity index (χ3v) is 3.79. The van der Waals surface area contributed by atoms with Gasteiger partial charge in [0, 0.05) is 20.6 Å². The molecule has 0 bridgehead atoms. The average Bonchev–Trinajstić information content (AvgIpc) is 2.59. The summed E-state index contributed by atoms with van der Waals surface area (Å²) in [5.41, 5.74) is 5.97. The Morgan fingerprint density at radius 2 is 2.21 bits per heavy atom. The number of fused-ring (bicyclic) bond motifs is 1.